The molecule has 1 aromatic carbocycles. The van der Waals surface area contributed by atoms with Crippen LogP contribution in [0.2, 0.25) is 0 Å². The van der Waals surface area contributed by atoms with Gasteiger partial charge in [0.15, 0.2) is 0 Å². The van der Waals surface area contributed by atoms with Crippen molar-refractivity contribution in [2.24, 2.45) is 5.73 Å². The number of aryl methyl sites for hydroxylation is 3. The Labute approximate surface area is 129 Å². The second kappa shape index (κ2) is 6.00. The van der Waals surface area contributed by atoms with Gasteiger partial charge in [0.25, 0.3) is 0 Å². The lowest BCUT2D eigenvalue weighted by molar-refractivity contribution is -0.122. The van der Waals surface area contributed by atoms with E-state index in [0.717, 1.165) is 5.56 Å². The maximum atomic E-state index is 12.1. The lowest BCUT2D eigenvalue weighted by Crippen LogP contribution is -2.33. The van der Waals surface area contributed by atoms with Crippen LogP contribution in [0.3, 0.4) is 0 Å². The second-order valence-corrected chi connectivity index (χ2v) is 6.84. The molecule has 3 rings (SSSR count). The number of nitrogens with one attached hydrogen (secondary N) is 1. The zero-order valence-corrected chi connectivity index (χ0v) is 13.0. The van der Waals surface area contributed by atoms with Crippen molar-refractivity contribution in [1.29, 1.82) is 0 Å². The highest BCUT2D eigenvalue weighted by atomic mass is 32.1. The number of carbonyl (C=O) groups is 1. The van der Waals surface area contributed by atoms with Gasteiger partial charge >= 0.3 is 0 Å². The van der Waals surface area contributed by atoms with Crippen molar-refractivity contribution in [3.8, 4) is 0 Å². The number of benzene rings is 1. The van der Waals surface area contributed by atoms with Crippen LogP contribution in [0.1, 0.15) is 38.9 Å². The third kappa shape index (κ3) is 3.17. The number of hydrogen-bond acceptors (Lipinski definition) is 3. The summed E-state index contributed by atoms with van der Waals surface area (Å²) < 4.78 is 0. The Kier molecular flexibility index (Phi) is 4.08. The van der Waals surface area contributed by atoms with Gasteiger partial charge in [-0.2, -0.15) is 0 Å². The lowest BCUT2D eigenvalue weighted by Gasteiger charge is -2.12. The van der Waals surface area contributed by atoms with Crippen LogP contribution in [0.15, 0.2) is 30.3 Å². The molecule has 0 radical (unpaired) electrons. The zero-order chi connectivity index (χ0) is 14.8. The molecule has 1 aliphatic carbocycles. The van der Waals surface area contributed by atoms with Crippen molar-refractivity contribution in [1.82, 2.24) is 5.32 Å². The predicted octanol–water partition coefficient (Wildman–Crippen LogP) is 2.86. The topological polar surface area (TPSA) is 55.1 Å². The average molecular weight is 300 g/mol. The van der Waals surface area contributed by atoms with E-state index >= 15 is 0 Å². The standard InChI is InChI=1S/C17H20N2OS/c1-11-5-7-12(8-6-11)16(18)17(20)19-10-14-9-13-3-2-4-15(13)21-14/h5-9,16H,2-4,10,18H2,1H3,(H,19,20). The number of carbonyl (C=O) groups excluding carboxylic acids is 1. The molecule has 0 saturated heterocycles. The third-order valence-electron chi connectivity index (χ3n) is 3.95. The Hall–Kier alpha value is -1.65. The van der Waals surface area contributed by atoms with E-state index in [4.69, 9.17) is 5.73 Å². The SMILES string of the molecule is Cc1ccc(C(N)C(=O)NCc2cc3c(s2)CCC3)cc1. The number of fused-ring (bicyclic) bond motifs is 1. The summed E-state index contributed by atoms with van der Waals surface area (Å²) >= 11 is 1.82. The van der Waals surface area contributed by atoms with Crippen molar-refractivity contribution < 1.29 is 4.79 Å². The summed E-state index contributed by atoms with van der Waals surface area (Å²) in [6.07, 6.45) is 3.64. The van der Waals surface area contributed by atoms with Crippen LogP contribution in [0.4, 0.5) is 0 Å². The molecule has 1 heterocycles. The summed E-state index contributed by atoms with van der Waals surface area (Å²) in [5.74, 6) is -0.118. The van der Waals surface area contributed by atoms with Crippen LogP contribution in [0, 0.1) is 6.92 Å². The molecule has 1 aliphatic rings. The molecule has 1 aromatic heterocycles. The fourth-order valence-electron chi connectivity index (χ4n) is 2.69. The van der Waals surface area contributed by atoms with E-state index in [1.54, 1.807) is 0 Å². The van der Waals surface area contributed by atoms with Gasteiger partial charge in [-0.15, -0.1) is 11.3 Å². The van der Waals surface area contributed by atoms with Crippen molar-refractivity contribution in [3.63, 3.8) is 0 Å². The Balaban J connectivity index is 1.59. The smallest absolute Gasteiger partial charge is 0.241 e. The van der Waals surface area contributed by atoms with Crippen molar-refractivity contribution >= 4 is 17.2 Å². The fourth-order valence-corrected chi connectivity index (χ4v) is 3.89. The minimum absolute atomic E-state index is 0.118. The molecule has 0 spiro atoms. The summed E-state index contributed by atoms with van der Waals surface area (Å²) in [6, 6.07) is 9.42. The lowest BCUT2D eigenvalue weighted by atomic mass is 10.1. The van der Waals surface area contributed by atoms with Crippen molar-refractivity contribution in [3.05, 3.63) is 56.8 Å². The highest BCUT2D eigenvalue weighted by Crippen LogP contribution is 2.30. The summed E-state index contributed by atoms with van der Waals surface area (Å²) in [6.45, 7) is 2.60. The molecule has 0 saturated carbocycles. The van der Waals surface area contributed by atoms with Crippen molar-refractivity contribution in [2.75, 3.05) is 0 Å². The monoisotopic (exact) mass is 300 g/mol. The highest BCUT2D eigenvalue weighted by molar-refractivity contribution is 7.12. The molecule has 0 aliphatic heterocycles. The molecule has 0 fully saturated rings. The average Bonchev–Trinajstić information content (AvgIpc) is 3.06. The predicted molar refractivity (Wildman–Crippen MR) is 86.3 cm³/mol. The molecule has 1 amide bonds. The van der Waals surface area contributed by atoms with Gasteiger partial charge in [-0.25, -0.2) is 0 Å². The van der Waals surface area contributed by atoms with Gasteiger partial charge in [0.05, 0.1) is 6.54 Å². The first kappa shape index (κ1) is 14.3. The Bertz CT molecular complexity index is 624. The quantitative estimate of drug-likeness (QED) is 0.912. The normalized spacial score (nSPS) is 14.8. The minimum Gasteiger partial charge on any atom is -0.350 e. The zero-order valence-electron chi connectivity index (χ0n) is 12.2. The third-order valence-corrected chi connectivity index (χ3v) is 5.19. The van der Waals surface area contributed by atoms with Crippen LogP contribution in [0.5, 0.6) is 0 Å². The first-order chi connectivity index (χ1) is 10.1. The second-order valence-electron chi connectivity index (χ2n) is 5.62. The van der Waals surface area contributed by atoms with Gasteiger partial charge in [0, 0.05) is 9.75 Å². The van der Waals surface area contributed by atoms with Crippen molar-refractivity contribution in [2.45, 2.75) is 38.8 Å². The number of hydrogen-bond donors (Lipinski definition) is 2. The minimum atomic E-state index is -0.600. The molecule has 0 bridgehead atoms. The molecule has 1 unspecified atom stereocenters. The van der Waals surface area contributed by atoms with Crippen LogP contribution in [0.25, 0.3) is 0 Å². The molecular formula is C17H20N2OS. The van der Waals surface area contributed by atoms with Gasteiger partial charge < -0.3 is 11.1 Å². The fraction of sp³-hybridized carbons (Fsp3) is 0.353. The molecule has 3 nitrogen and oxygen atoms in total. The van der Waals surface area contributed by atoms with Gasteiger partial charge in [-0.05, 0) is 43.4 Å². The number of rotatable bonds is 4. The molecule has 21 heavy (non-hydrogen) atoms. The number of amides is 1. The summed E-state index contributed by atoms with van der Waals surface area (Å²) in [5, 5.41) is 2.95. The van der Waals surface area contributed by atoms with Crippen LogP contribution in [-0.2, 0) is 24.2 Å². The number of thiophene rings is 1. The van der Waals surface area contributed by atoms with Gasteiger partial charge in [0.2, 0.25) is 5.91 Å². The van der Waals surface area contributed by atoms with E-state index in [9.17, 15) is 4.79 Å². The summed E-state index contributed by atoms with van der Waals surface area (Å²) in [7, 11) is 0. The van der Waals surface area contributed by atoms with Crippen LogP contribution >= 0.6 is 11.3 Å². The first-order valence-corrected chi connectivity index (χ1v) is 8.15. The van der Waals surface area contributed by atoms with Crippen LogP contribution in [-0.4, -0.2) is 5.91 Å². The van der Waals surface area contributed by atoms with E-state index in [1.807, 2.05) is 42.5 Å². The van der Waals surface area contributed by atoms with E-state index < -0.39 is 6.04 Å². The molecule has 3 N–H and O–H groups in total. The van der Waals surface area contributed by atoms with Gasteiger partial charge in [-0.3, -0.25) is 4.79 Å². The highest BCUT2D eigenvalue weighted by Gasteiger charge is 2.17. The Morgan fingerprint density at radius 1 is 1.33 bits per heavy atom. The first-order valence-electron chi connectivity index (χ1n) is 7.34. The molecule has 4 heteroatoms. The largest absolute Gasteiger partial charge is 0.350 e. The van der Waals surface area contributed by atoms with E-state index in [2.05, 4.69) is 11.4 Å². The maximum absolute atomic E-state index is 12.1. The van der Waals surface area contributed by atoms with Gasteiger partial charge in [0.1, 0.15) is 6.04 Å². The Morgan fingerprint density at radius 3 is 2.81 bits per heavy atom. The number of nitrogens with two attached hydrogens (primary N) is 1. The van der Waals surface area contributed by atoms with Crippen LogP contribution < -0.4 is 11.1 Å². The van der Waals surface area contributed by atoms with E-state index in [0.29, 0.717) is 6.54 Å². The molecule has 2 aromatic rings. The summed E-state index contributed by atoms with van der Waals surface area (Å²) in [5.41, 5.74) is 9.50. The molecule has 1 atom stereocenters. The summed E-state index contributed by atoms with van der Waals surface area (Å²) in [4.78, 5) is 14.9. The molecular weight excluding hydrogens is 280 g/mol. The Morgan fingerprint density at radius 2 is 2.10 bits per heavy atom. The maximum Gasteiger partial charge on any atom is 0.241 e. The van der Waals surface area contributed by atoms with E-state index in [-0.39, 0.29) is 5.91 Å². The van der Waals surface area contributed by atoms with E-state index in [1.165, 1.54) is 40.1 Å². The molecule has 110 valence electrons. The van der Waals surface area contributed by atoms with Gasteiger partial charge in [-0.1, -0.05) is 29.8 Å².